The molecule has 1 saturated heterocycles. The van der Waals surface area contributed by atoms with Crippen molar-refractivity contribution in [3.63, 3.8) is 0 Å². The molecule has 5 rings (SSSR count). The van der Waals surface area contributed by atoms with Crippen molar-refractivity contribution in [2.24, 2.45) is 0 Å². The van der Waals surface area contributed by atoms with Gasteiger partial charge >= 0.3 is 17.9 Å². The predicted molar refractivity (Wildman–Crippen MR) is 145 cm³/mol. The van der Waals surface area contributed by atoms with Crippen LogP contribution >= 0.6 is 0 Å². The second-order valence-corrected chi connectivity index (χ2v) is 9.22. The van der Waals surface area contributed by atoms with Gasteiger partial charge in [0, 0.05) is 12.3 Å². The Balaban J connectivity index is 1.49. The third kappa shape index (κ3) is 6.39. The van der Waals surface area contributed by atoms with Crippen LogP contribution in [0.1, 0.15) is 43.1 Å². The van der Waals surface area contributed by atoms with Crippen LogP contribution in [-0.2, 0) is 18.9 Å². The molecule has 1 unspecified atom stereocenters. The van der Waals surface area contributed by atoms with E-state index < -0.39 is 48.0 Å². The molecule has 0 aliphatic carbocycles. The molecule has 0 radical (unpaired) electrons. The van der Waals surface area contributed by atoms with E-state index in [2.05, 4.69) is 4.98 Å². The van der Waals surface area contributed by atoms with E-state index in [1.54, 1.807) is 97.9 Å². The van der Waals surface area contributed by atoms with Crippen LogP contribution in [-0.4, -0.2) is 52.4 Å². The lowest BCUT2D eigenvalue weighted by Crippen LogP contribution is -2.41. The summed E-state index contributed by atoms with van der Waals surface area (Å²) in [5, 5.41) is 0. The van der Waals surface area contributed by atoms with E-state index >= 15 is 0 Å². The molecule has 208 valence electrons. The van der Waals surface area contributed by atoms with Gasteiger partial charge in [0.2, 0.25) is 0 Å². The number of carbonyl (C=O) groups excluding carboxylic acids is 3. The Hall–Kier alpha value is -5.09. The average molecular weight is 555 g/mol. The first-order valence-electron chi connectivity index (χ1n) is 12.9. The van der Waals surface area contributed by atoms with Crippen LogP contribution in [0, 0.1) is 6.92 Å². The van der Waals surface area contributed by atoms with Gasteiger partial charge in [-0.1, -0.05) is 54.6 Å². The second-order valence-electron chi connectivity index (χ2n) is 9.22. The van der Waals surface area contributed by atoms with Crippen molar-refractivity contribution in [1.82, 2.24) is 9.55 Å². The Bertz CT molecular complexity index is 1570. The molecule has 2 heterocycles. The van der Waals surface area contributed by atoms with Gasteiger partial charge in [-0.25, -0.2) is 14.4 Å². The van der Waals surface area contributed by atoms with Gasteiger partial charge in [-0.15, -0.1) is 0 Å². The fourth-order valence-corrected chi connectivity index (χ4v) is 4.46. The Morgan fingerprint density at radius 3 is 1.73 bits per heavy atom. The third-order valence-corrected chi connectivity index (χ3v) is 6.48. The van der Waals surface area contributed by atoms with Gasteiger partial charge in [0.15, 0.2) is 18.4 Å². The molecule has 0 N–H and O–H groups in total. The number of nitrogens with zero attached hydrogens (tertiary/aromatic N) is 2. The van der Waals surface area contributed by atoms with Crippen molar-refractivity contribution in [1.29, 1.82) is 0 Å². The van der Waals surface area contributed by atoms with E-state index in [0.717, 1.165) is 0 Å². The Labute approximate surface area is 235 Å². The third-order valence-electron chi connectivity index (χ3n) is 6.48. The molecule has 0 spiro atoms. The minimum absolute atomic E-state index is 0.269. The van der Waals surface area contributed by atoms with Gasteiger partial charge in [0.05, 0.1) is 16.7 Å². The molecule has 0 saturated carbocycles. The number of benzene rings is 3. The molecule has 10 heteroatoms. The summed E-state index contributed by atoms with van der Waals surface area (Å²) in [6.45, 7) is 1.28. The monoisotopic (exact) mass is 554 g/mol. The summed E-state index contributed by atoms with van der Waals surface area (Å²) >= 11 is 0. The van der Waals surface area contributed by atoms with Crippen LogP contribution in [0.25, 0.3) is 0 Å². The maximum absolute atomic E-state index is 13.2. The largest absolute Gasteiger partial charge is 0.459 e. The number of ether oxygens (including phenoxy) is 4. The highest BCUT2D eigenvalue weighted by atomic mass is 16.7. The minimum atomic E-state index is -1.20. The lowest BCUT2D eigenvalue weighted by molar-refractivity contribution is -0.0634. The summed E-state index contributed by atoms with van der Waals surface area (Å²) in [4.78, 5) is 54.9. The quantitative estimate of drug-likeness (QED) is 0.237. The SMILES string of the molecule is Cc1nc(=O)ccn1C1O[C@H](COC(=O)c2ccccc2)[C@@H](OC(=O)c2ccccc2)[C@H]1OC(=O)c1ccccc1. The molecular formula is C31H26N2O8. The summed E-state index contributed by atoms with van der Waals surface area (Å²) in [5.74, 6) is -1.70. The van der Waals surface area contributed by atoms with Crippen LogP contribution in [0.5, 0.6) is 0 Å². The molecule has 4 aromatic rings. The molecular weight excluding hydrogens is 528 g/mol. The standard InChI is InChI=1S/C31H26N2O8/c1-20-32-25(34)17-18-33(20)28-27(41-31(37)23-15-9-4-10-16-23)26(40-30(36)22-13-7-3-8-14-22)24(39-28)19-38-29(35)21-11-5-2-6-12-21/h2-18,24,26-28H,19H2,1H3/t24-,26-,27-,28?/m1/s1. The van der Waals surface area contributed by atoms with E-state index in [1.165, 1.54) is 16.8 Å². The zero-order valence-electron chi connectivity index (χ0n) is 22.0. The van der Waals surface area contributed by atoms with E-state index in [1.807, 2.05) is 0 Å². The topological polar surface area (TPSA) is 123 Å². The van der Waals surface area contributed by atoms with Crippen molar-refractivity contribution in [2.75, 3.05) is 6.61 Å². The zero-order chi connectivity index (χ0) is 28.8. The highest BCUT2D eigenvalue weighted by Gasteiger charge is 2.51. The summed E-state index contributed by atoms with van der Waals surface area (Å²) in [6, 6.07) is 26.2. The van der Waals surface area contributed by atoms with Crippen LogP contribution < -0.4 is 5.56 Å². The molecule has 3 aromatic carbocycles. The van der Waals surface area contributed by atoms with Crippen LogP contribution in [0.15, 0.2) is 108 Å². The first kappa shape index (κ1) is 27.5. The molecule has 1 fully saturated rings. The molecule has 0 bridgehead atoms. The fourth-order valence-electron chi connectivity index (χ4n) is 4.46. The number of carbonyl (C=O) groups is 3. The summed E-state index contributed by atoms with van der Waals surface area (Å²) in [7, 11) is 0. The summed E-state index contributed by atoms with van der Waals surface area (Å²) in [5.41, 5.74) is 0.403. The lowest BCUT2D eigenvalue weighted by atomic mass is 10.1. The maximum Gasteiger partial charge on any atom is 0.338 e. The first-order valence-corrected chi connectivity index (χ1v) is 12.9. The molecule has 4 atom stereocenters. The van der Waals surface area contributed by atoms with Crippen molar-refractivity contribution in [2.45, 2.75) is 31.5 Å². The predicted octanol–water partition coefficient (Wildman–Crippen LogP) is 3.76. The first-order chi connectivity index (χ1) is 19.9. The molecule has 1 aliphatic rings. The van der Waals surface area contributed by atoms with Crippen molar-refractivity contribution < 1.29 is 33.3 Å². The van der Waals surface area contributed by atoms with Crippen LogP contribution in [0.3, 0.4) is 0 Å². The number of esters is 3. The van der Waals surface area contributed by atoms with Gasteiger partial charge in [-0.3, -0.25) is 4.79 Å². The summed E-state index contributed by atoms with van der Waals surface area (Å²) in [6.07, 6.45) is -3.04. The smallest absolute Gasteiger partial charge is 0.338 e. The summed E-state index contributed by atoms with van der Waals surface area (Å²) < 4.78 is 25.1. The van der Waals surface area contributed by atoms with Crippen molar-refractivity contribution in [3.8, 4) is 0 Å². The van der Waals surface area contributed by atoms with Crippen molar-refractivity contribution >= 4 is 17.9 Å². The Morgan fingerprint density at radius 2 is 1.22 bits per heavy atom. The number of aryl methyl sites for hydroxylation is 1. The fraction of sp³-hybridized carbons (Fsp3) is 0.194. The van der Waals surface area contributed by atoms with Crippen LogP contribution in [0.2, 0.25) is 0 Å². The molecule has 1 aliphatic heterocycles. The van der Waals surface area contributed by atoms with Gasteiger partial charge < -0.3 is 23.5 Å². The molecule has 41 heavy (non-hydrogen) atoms. The zero-order valence-corrected chi connectivity index (χ0v) is 22.0. The lowest BCUT2D eigenvalue weighted by Gasteiger charge is -2.26. The van der Waals surface area contributed by atoms with Crippen molar-refractivity contribution in [3.05, 3.63) is 136 Å². The molecule has 10 nitrogen and oxygen atoms in total. The average Bonchev–Trinajstić information content (AvgIpc) is 3.33. The van der Waals surface area contributed by atoms with E-state index in [4.69, 9.17) is 18.9 Å². The number of hydrogen-bond acceptors (Lipinski definition) is 9. The van der Waals surface area contributed by atoms with Gasteiger partial charge in [0.1, 0.15) is 18.5 Å². The Kier molecular flexibility index (Phi) is 8.31. The van der Waals surface area contributed by atoms with Gasteiger partial charge in [-0.2, -0.15) is 4.98 Å². The van der Waals surface area contributed by atoms with E-state index in [9.17, 15) is 19.2 Å². The van der Waals surface area contributed by atoms with Gasteiger partial charge in [-0.05, 0) is 43.3 Å². The molecule has 1 aromatic heterocycles. The maximum atomic E-state index is 13.2. The van der Waals surface area contributed by atoms with E-state index in [0.29, 0.717) is 5.56 Å². The number of aromatic nitrogens is 2. The second kappa shape index (κ2) is 12.4. The minimum Gasteiger partial charge on any atom is -0.459 e. The highest BCUT2D eigenvalue weighted by molar-refractivity contribution is 5.91. The van der Waals surface area contributed by atoms with Gasteiger partial charge in [0.25, 0.3) is 5.56 Å². The Morgan fingerprint density at radius 1 is 0.732 bits per heavy atom. The van der Waals surface area contributed by atoms with Crippen LogP contribution in [0.4, 0.5) is 0 Å². The molecule has 0 amide bonds. The highest BCUT2D eigenvalue weighted by Crippen LogP contribution is 2.35. The normalized spacial score (nSPS) is 19.7. The number of hydrogen-bond donors (Lipinski definition) is 0. The number of rotatable bonds is 8. The van der Waals surface area contributed by atoms with E-state index in [-0.39, 0.29) is 23.6 Å².